The summed E-state index contributed by atoms with van der Waals surface area (Å²) in [6, 6.07) is 0.731. The fourth-order valence-corrected chi connectivity index (χ4v) is 6.16. The van der Waals surface area contributed by atoms with Crippen molar-refractivity contribution >= 4 is 17.8 Å². The molecule has 4 aliphatic rings. The fourth-order valence-electron chi connectivity index (χ4n) is 4.78. The van der Waals surface area contributed by atoms with Crippen molar-refractivity contribution in [1.82, 2.24) is 10.6 Å². The van der Waals surface area contributed by atoms with Gasteiger partial charge in [-0.3, -0.25) is 0 Å². The number of urea groups is 1. The first-order valence-corrected chi connectivity index (χ1v) is 10.7. The maximum absolute atomic E-state index is 12.4. The minimum atomic E-state index is 0.0444. The summed E-state index contributed by atoms with van der Waals surface area (Å²) >= 11 is 1.98. The third kappa shape index (κ3) is 3.98. The molecule has 2 N–H and O–H groups in total. The number of ether oxygens (including phenoxy) is 1. The van der Waals surface area contributed by atoms with Gasteiger partial charge in [0.15, 0.2) is 0 Å². The highest BCUT2D eigenvalue weighted by atomic mass is 32.2. The van der Waals surface area contributed by atoms with Crippen molar-refractivity contribution in [2.75, 3.05) is 18.1 Å². The lowest BCUT2D eigenvalue weighted by atomic mass is 9.83. The third-order valence-corrected chi connectivity index (χ3v) is 7.46. The zero-order valence-corrected chi connectivity index (χ0v) is 14.8. The number of carbonyl (C=O) groups excluding carboxylic acids is 1. The second-order valence-electron chi connectivity index (χ2n) is 8.10. The largest absolute Gasteiger partial charge is 0.374 e. The van der Waals surface area contributed by atoms with E-state index >= 15 is 0 Å². The van der Waals surface area contributed by atoms with E-state index in [1.54, 1.807) is 0 Å². The predicted octanol–water partition coefficient (Wildman–Crippen LogP) is 3.31. The van der Waals surface area contributed by atoms with Gasteiger partial charge < -0.3 is 15.4 Å². The van der Waals surface area contributed by atoms with Crippen LogP contribution in [0.15, 0.2) is 0 Å². The van der Waals surface area contributed by atoms with Gasteiger partial charge in [-0.1, -0.05) is 12.8 Å². The van der Waals surface area contributed by atoms with E-state index in [9.17, 15) is 4.79 Å². The van der Waals surface area contributed by atoms with Crippen LogP contribution in [0.5, 0.6) is 0 Å². The fraction of sp³-hybridized carbons (Fsp3) is 0.944. The second kappa shape index (κ2) is 6.83. The van der Waals surface area contributed by atoms with Crippen molar-refractivity contribution in [3.8, 4) is 0 Å². The molecule has 2 saturated carbocycles. The summed E-state index contributed by atoms with van der Waals surface area (Å²) in [6.45, 7) is 0.790. The molecule has 4 nitrogen and oxygen atoms in total. The van der Waals surface area contributed by atoms with Crippen LogP contribution < -0.4 is 10.6 Å². The van der Waals surface area contributed by atoms with Gasteiger partial charge in [-0.2, -0.15) is 11.8 Å². The molecule has 2 saturated heterocycles. The predicted molar refractivity (Wildman–Crippen MR) is 93.8 cm³/mol. The van der Waals surface area contributed by atoms with E-state index in [1.807, 2.05) is 11.8 Å². The molecule has 2 aliphatic carbocycles. The third-order valence-electron chi connectivity index (χ3n) is 6.23. The van der Waals surface area contributed by atoms with Gasteiger partial charge in [-0.05, 0) is 62.5 Å². The van der Waals surface area contributed by atoms with Crippen LogP contribution in [0.4, 0.5) is 4.79 Å². The SMILES string of the molecule is O=C(N[C@@H]1CCC[C@H](C2CC2)C1)N[C@H]1CCO[C@@]2(CCSC2)C1. The summed E-state index contributed by atoms with van der Waals surface area (Å²) in [6.07, 6.45) is 10.9. The minimum absolute atomic E-state index is 0.0444. The van der Waals surface area contributed by atoms with Gasteiger partial charge >= 0.3 is 6.03 Å². The lowest BCUT2D eigenvalue weighted by Crippen LogP contribution is -2.53. The molecule has 130 valence electrons. The van der Waals surface area contributed by atoms with E-state index in [4.69, 9.17) is 4.74 Å². The molecule has 0 unspecified atom stereocenters. The maximum Gasteiger partial charge on any atom is 0.315 e. The van der Waals surface area contributed by atoms with Crippen LogP contribution in [0.1, 0.15) is 57.8 Å². The summed E-state index contributed by atoms with van der Waals surface area (Å²) in [5.74, 6) is 4.14. The summed E-state index contributed by atoms with van der Waals surface area (Å²) in [7, 11) is 0. The molecule has 4 fully saturated rings. The summed E-state index contributed by atoms with van der Waals surface area (Å²) < 4.78 is 6.04. The average Bonchev–Trinajstić information content (AvgIpc) is 3.30. The van der Waals surface area contributed by atoms with E-state index < -0.39 is 0 Å². The number of nitrogens with one attached hydrogen (secondary N) is 2. The highest BCUT2D eigenvalue weighted by Crippen LogP contribution is 2.44. The molecule has 0 aromatic heterocycles. The first-order valence-electron chi connectivity index (χ1n) is 9.51. The van der Waals surface area contributed by atoms with Gasteiger partial charge in [0, 0.05) is 24.4 Å². The quantitative estimate of drug-likeness (QED) is 0.830. The van der Waals surface area contributed by atoms with Crippen molar-refractivity contribution in [3.63, 3.8) is 0 Å². The first kappa shape index (κ1) is 16.1. The number of rotatable bonds is 3. The van der Waals surface area contributed by atoms with Crippen LogP contribution in [0.2, 0.25) is 0 Å². The molecule has 5 heteroatoms. The number of hydrogen-bond acceptors (Lipinski definition) is 3. The van der Waals surface area contributed by atoms with Crippen LogP contribution in [0, 0.1) is 11.8 Å². The van der Waals surface area contributed by atoms with Crippen LogP contribution in [0.25, 0.3) is 0 Å². The molecule has 0 aromatic rings. The molecule has 0 bridgehead atoms. The molecule has 4 atom stereocenters. The highest BCUT2D eigenvalue weighted by molar-refractivity contribution is 7.99. The standard InChI is InChI=1S/C18H30N2O2S/c21-17(19-15-3-1-2-14(10-15)13-4-5-13)20-16-6-8-22-18(11-16)7-9-23-12-18/h13-16H,1-12H2,(H2,19,20,21)/t14-,15+,16-,18-/m0/s1. The van der Waals surface area contributed by atoms with Crippen LogP contribution >= 0.6 is 11.8 Å². The van der Waals surface area contributed by atoms with E-state index in [-0.39, 0.29) is 17.7 Å². The molecule has 23 heavy (non-hydrogen) atoms. The molecular weight excluding hydrogens is 308 g/mol. The summed E-state index contributed by atoms with van der Waals surface area (Å²) in [5.41, 5.74) is 0.0444. The zero-order chi connectivity index (χ0) is 15.7. The molecule has 2 amide bonds. The maximum atomic E-state index is 12.4. The molecule has 4 rings (SSSR count). The molecule has 2 aliphatic heterocycles. The topological polar surface area (TPSA) is 50.4 Å². The van der Waals surface area contributed by atoms with E-state index in [0.717, 1.165) is 49.9 Å². The van der Waals surface area contributed by atoms with Crippen molar-refractivity contribution < 1.29 is 9.53 Å². The van der Waals surface area contributed by atoms with Crippen molar-refractivity contribution in [2.45, 2.75) is 75.5 Å². The van der Waals surface area contributed by atoms with Gasteiger partial charge in [-0.15, -0.1) is 0 Å². The lowest BCUT2D eigenvalue weighted by molar-refractivity contribution is -0.0684. The Balaban J connectivity index is 1.24. The Labute approximate surface area is 143 Å². The molecule has 2 heterocycles. The van der Waals surface area contributed by atoms with Crippen molar-refractivity contribution in [2.24, 2.45) is 11.8 Å². The Bertz CT molecular complexity index is 435. The van der Waals surface area contributed by atoms with Crippen LogP contribution in [0.3, 0.4) is 0 Å². The normalized spacial score (nSPS) is 41.0. The number of hydrogen-bond donors (Lipinski definition) is 2. The van der Waals surface area contributed by atoms with E-state index in [0.29, 0.717) is 6.04 Å². The first-order chi connectivity index (χ1) is 11.2. The van der Waals surface area contributed by atoms with E-state index in [2.05, 4.69) is 10.6 Å². The lowest BCUT2D eigenvalue weighted by Gasteiger charge is -2.38. The highest BCUT2D eigenvalue weighted by Gasteiger charge is 2.41. The Kier molecular flexibility index (Phi) is 4.77. The summed E-state index contributed by atoms with van der Waals surface area (Å²) in [5, 5.41) is 6.50. The Morgan fingerprint density at radius 1 is 1.04 bits per heavy atom. The van der Waals surface area contributed by atoms with Gasteiger partial charge in [0.2, 0.25) is 0 Å². The Hall–Kier alpha value is -0.420. The second-order valence-corrected chi connectivity index (χ2v) is 9.21. The Morgan fingerprint density at radius 3 is 2.70 bits per heavy atom. The van der Waals surface area contributed by atoms with Crippen molar-refractivity contribution in [3.05, 3.63) is 0 Å². The Morgan fingerprint density at radius 2 is 1.91 bits per heavy atom. The molecule has 1 spiro atoms. The van der Waals surface area contributed by atoms with Crippen molar-refractivity contribution in [1.29, 1.82) is 0 Å². The minimum Gasteiger partial charge on any atom is -0.374 e. The number of amides is 2. The van der Waals surface area contributed by atoms with Gasteiger partial charge in [0.1, 0.15) is 0 Å². The number of carbonyl (C=O) groups is 1. The molecule has 0 radical (unpaired) electrons. The van der Waals surface area contributed by atoms with E-state index in [1.165, 1.54) is 37.9 Å². The van der Waals surface area contributed by atoms with Crippen LogP contribution in [-0.4, -0.2) is 41.8 Å². The molecule has 0 aromatic carbocycles. The van der Waals surface area contributed by atoms with Gasteiger partial charge in [-0.25, -0.2) is 4.79 Å². The smallest absolute Gasteiger partial charge is 0.315 e. The number of thioether (sulfide) groups is 1. The zero-order valence-electron chi connectivity index (χ0n) is 14.0. The van der Waals surface area contributed by atoms with Gasteiger partial charge in [0.25, 0.3) is 0 Å². The van der Waals surface area contributed by atoms with Crippen LogP contribution in [-0.2, 0) is 4.74 Å². The summed E-state index contributed by atoms with van der Waals surface area (Å²) in [4.78, 5) is 12.4. The molecular formula is C18H30N2O2S. The van der Waals surface area contributed by atoms with Gasteiger partial charge in [0.05, 0.1) is 5.60 Å². The monoisotopic (exact) mass is 338 g/mol. The average molecular weight is 339 g/mol.